The second-order valence-electron chi connectivity index (χ2n) is 6.28. The summed E-state index contributed by atoms with van der Waals surface area (Å²) in [4.78, 5) is 26.1. The number of anilines is 1. The molecule has 2 N–H and O–H groups in total. The molecule has 6 heteroatoms. The number of carbonyl (C=O) groups is 2. The minimum absolute atomic E-state index is 0.101. The molecule has 0 fully saturated rings. The molecule has 25 heavy (non-hydrogen) atoms. The Morgan fingerprint density at radius 3 is 2.72 bits per heavy atom. The molecule has 0 spiro atoms. The molecule has 132 valence electrons. The van der Waals surface area contributed by atoms with Gasteiger partial charge in [0, 0.05) is 10.4 Å². The van der Waals surface area contributed by atoms with Crippen molar-refractivity contribution in [2.24, 2.45) is 5.92 Å². The Labute approximate surface area is 150 Å². The Morgan fingerprint density at radius 2 is 2.04 bits per heavy atom. The fourth-order valence-corrected chi connectivity index (χ4v) is 4.44. The predicted octanol–water partition coefficient (Wildman–Crippen LogP) is 4.01. The van der Waals surface area contributed by atoms with E-state index in [-0.39, 0.29) is 17.6 Å². The van der Waals surface area contributed by atoms with E-state index in [0.717, 1.165) is 29.7 Å². The number of aromatic hydroxyl groups is 1. The number of ether oxygens (including phenoxy) is 1. The van der Waals surface area contributed by atoms with Crippen LogP contribution in [0, 0.1) is 5.92 Å². The van der Waals surface area contributed by atoms with Crippen molar-refractivity contribution in [2.75, 3.05) is 11.9 Å². The van der Waals surface area contributed by atoms with Crippen molar-refractivity contribution in [3.8, 4) is 5.75 Å². The molecular formula is C19H21NO4S. The highest BCUT2D eigenvalue weighted by molar-refractivity contribution is 7.17. The van der Waals surface area contributed by atoms with Crippen LogP contribution in [0.2, 0.25) is 0 Å². The predicted molar refractivity (Wildman–Crippen MR) is 97.5 cm³/mol. The summed E-state index contributed by atoms with van der Waals surface area (Å²) in [6.07, 6.45) is 2.78. The van der Waals surface area contributed by atoms with Crippen LogP contribution in [0.4, 0.5) is 5.00 Å². The van der Waals surface area contributed by atoms with Gasteiger partial charge in [-0.15, -0.1) is 11.3 Å². The molecule has 2 aromatic rings. The van der Waals surface area contributed by atoms with E-state index in [1.807, 2.05) is 0 Å². The van der Waals surface area contributed by atoms with Crippen LogP contribution in [-0.4, -0.2) is 23.6 Å². The molecule has 1 aliphatic carbocycles. The standard InChI is InChI=1S/C19H21NO4S/c1-3-24-19(23)16-14-9-4-11(2)10-15(14)25-18(16)20-17(22)12-5-7-13(21)8-6-12/h5-8,11,21H,3-4,9-10H2,1-2H3,(H,20,22)/t11-/m0/s1. The fourth-order valence-electron chi connectivity index (χ4n) is 3.05. The summed E-state index contributed by atoms with van der Waals surface area (Å²) < 4.78 is 5.21. The lowest BCUT2D eigenvalue weighted by atomic mass is 9.88. The van der Waals surface area contributed by atoms with Gasteiger partial charge in [-0.2, -0.15) is 0 Å². The van der Waals surface area contributed by atoms with Crippen molar-refractivity contribution in [3.05, 3.63) is 45.8 Å². The van der Waals surface area contributed by atoms with Crippen molar-refractivity contribution in [2.45, 2.75) is 33.1 Å². The first kappa shape index (κ1) is 17.5. The highest BCUT2D eigenvalue weighted by Gasteiger charge is 2.29. The van der Waals surface area contributed by atoms with Crippen molar-refractivity contribution in [1.29, 1.82) is 0 Å². The molecule has 0 aliphatic heterocycles. The van der Waals surface area contributed by atoms with E-state index >= 15 is 0 Å². The summed E-state index contributed by atoms with van der Waals surface area (Å²) in [6.45, 7) is 4.26. The van der Waals surface area contributed by atoms with Crippen LogP contribution in [0.15, 0.2) is 24.3 Å². The average molecular weight is 359 g/mol. The molecule has 0 unspecified atom stereocenters. The number of carbonyl (C=O) groups excluding carboxylic acids is 2. The summed E-state index contributed by atoms with van der Waals surface area (Å²) >= 11 is 1.46. The smallest absolute Gasteiger partial charge is 0.341 e. The summed E-state index contributed by atoms with van der Waals surface area (Å²) in [7, 11) is 0. The quantitative estimate of drug-likeness (QED) is 0.809. The number of hydrogen-bond acceptors (Lipinski definition) is 5. The first-order valence-electron chi connectivity index (χ1n) is 8.41. The van der Waals surface area contributed by atoms with E-state index in [1.165, 1.54) is 23.5 Å². The molecule has 1 aliphatic rings. The van der Waals surface area contributed by atoms with Crippen molar-refractivity contribution in [3.63, 3.8) is 0 Å². The number of thiophene rings is 1. The number of rotatable bonds is 4. The average Bonchev–Trinajstić information content (AvgIpc) is 2.92. The van der Waals surface area contributed by atoms with Gasteiger partial charge < -0.3 is 15.2 Å². The van der Waals surface area contributed by atoms with E-state index in [2.05, 4.69) is 12.2 Å². The molecule has 0 saturated heterocycles. The van der Waals surface area contributed by atoms with Gasteiger partial charge in [-0.25, -0.2) is 4.79 Å². The van der Waals surface area contributed by atoms with Gasteiger partial charge in [-0.1, -0.05) is 6.92 Å². The largest absolute Gasteiger partial charge is 0.508 e. The monoisotopic (exact) mass is 359 g/mol. The SMILES string of the molecule is CCOC(=O)c1c(NC(=O)c2ccc(O)cc2)sc2c1CC[C@H](C)C2. The van der Waals surface area contributed by atoms with Crippen molar-refractivity contribution < 1.29 is 19.4 Å². The number of esters is 1. The molecule has 1 aromatic heterocycles. The Balaban J connectivity index is 1.93. The zero-order valence-corrected chi connectivity index (χ0v) is 15.1. The number of fused-ring (bicyclic) bond motifs is 1. The number of hydrogen-bond donors (Lipinski definition) is 2. The first-order chi connectivity index (χ1) is 12.0. The zero-order chi connectivity index (χ0) is 18.0. The van der Waals surface area contributed by atoms with Gasteiger partial charge in [-0.3, -0.25) is 4.79 Å². The minimum Gasteiger partial charge on any atom is -0.508 e. The normalized spacial score (nSPS) is 16.2. The molecule has 1 atom stereocenters. The lowest BCUT2D eigenvalue weighted by molar-refractivity contribution is 0.0526. The first-order valence-corrected chi connectivity index (χ1v) is 9.23. The van der Waals surface area contributed by atoms with Crippen LogP contribution in [0.5, 0.6) is 5.75 Å². The van der Waals surface area contributed by atoms with Crippen LogP contribution < -0.4 is 5.32 Å². The summed E-state index contributed by atoms with van der Waals surface area (Å²) in [5.41, 5.74) is 1.94. The maximum Gasteiger partial charge on any atom is 0.341 e. The fraction of sp³-hybridized carbons (Fsp3) is 0.368. The number of benzene rings is 1. The van der Waals surface area contributed by atoms with Gasteiger partial charge in [0.25, 0.3) is 5.91 Å². The van der Waals surface area contributed by atoms with E-state index in [1.54, 1.807) is 19.1 Å². The van der Waals surface area contributed by atoms with Crippen LogP contribution in [0.25, 0.3) is 0 Å². The van der Waals surface area contributed by atoms with Crippen LogP contribution in [0.1, 0.15) is 51.4 Å². The molecular weight excluding hydrogens is 338 g/mol. The third-order valence-corrected chi connectivity index (χ3v) is 5.52. The molecule has 1 heterocycles. The highest BCUT2D eigenvalue weighted by atomic mass is 32.1. The Hall–Kier alpha value is -2.34. The molecule has 0 bridgehead atoms. The molecule has 0 radical (unpaired) electrons. The second kappa shape index (κ2) is 7.27. The number of phenols is 1. The lowest BCUT2D eigenvalue weighted by Gasteiger charge is -2.18. The van der Waals surface area contributed by atoms with Crippen LogP contribution >= 0.6 is 11.3 Å². The van der Waals surface area contributed by atoms with E-state index < -0.39 is 0 Å². The van der Waals surface area contributed by atoms with Gasteiger partial charge in [0.1, 0.15) is 10.8 Å². The maximum atomic E-state index is 12.5. The Morgan fingerprint density at radius 1 is 1.32 bits per heavy atom. The summed E-state index contributed by atoms with van der Waals surface area (Å²) in [6, 6.07) is 6.01. The van der Waals surface area contributed by atoms with Gasteiger partial charge in [0.15, 0.2) is 0 Å². The van der Waals surface area contributed by atoms with Crippen molar-refractivity contribution in [1.82, 2.24) is 0 Å². The number of phenolic OH excluding ortho intramolecular Hbond substituents is 1. The molecule has 3 rings (SSSR count). The highest BCUT2D eigenvalue weighted by Crippen LogP contribution is 2.40. The van der Waals surface area contributed by atoms with Crippen LogP contribution in [0.3, 0.4) is 0 Å². The topological polar surface area (TPSA) is 75.6 Å². The molecule has 5 nitrogen and oxygen atoms in total. The minimum atomic E-state index is -0.379. The molecule has 1 aromatic carbocycles. The van der Waals surface area contributed by atoms with Crippen LogP contribution in [-0.2, 0) is 17.6 Å². The number of amides is 1. The second-order valence-corrected chi connectivity index (χ2v) is 7.38. The Bertz CT molecular complexity index is 795. The molecule has 0 saturated carbocycles. The van der Waals surface area contributed by atoms with E-state index in [9.17, 15) is 14.7 Å². The van der Waals surface area contributed by atoms with Gasteiger partial charge in [0.05, 0.1) is 12.2 Å². The summed E-state index contributed by atoms with van der Waals surface area (Å²) in [5, 5.41) is 12.8. The Kier molecular flexibility index (Phi) is 5.08. The third kappa shape index (κ3) is 3.69. The molecule has 1 amide bonds. The lowest BCUT2D eigenvalue weighted by Crippen LogP contribution is -2.16. The number of nitrogens with one attached hydrogen (secondary N) is 1. The van der Waals surface area contributed by atoms with Gasteiger partial charge >= 0.3 is 5.97 Å². The zero-order valence-electron chi connectivity index (χ0n) is 14.3. The maximum absolute atomic E-state index is 12.5. The third-order valence-electron chi connectivity index (χ3n) is 4.35. The van der Waals surface area contributed by atoms with Gasteiger partial charge in [-0.05, 0) is 61.9 Å². The van der Waals surface area contributed by atoms with Crippen molar-refractivity contribution >= 4 is 28.2 Å². The van der Waals surface area contributed by atoms with Gasteiger partial charge in [0.2, 0.25) is 0 Å². The van der Waals surface area contributed by atoms with E-state index in [0.29, 0.717) is 28.7 Å². The van der Waals surface area contributed by atoms with E-state index in [4.69, 9.17) is 4.74 Å². The summed E-state index contributed by atoms with van der Waals surface area (Å²) in [5.74, 6) is -0.0149.